The fourth-order valence-corrected chi connectivity index (χ4v) is 3.04. The quantitative estimate of drug-likeness (QED) is 0.847. The maximum absolute atomic E-state index is 6.29. The van der Waals surface area contributed by atoms with E-state index in [0.29, 0.717) is 0 Å². The van der Waals surface area contributed by atoms with Gasteiger partial charge < -0.3 is 15.0 Å². The second-order valence-corrected chi connectivity index (χ2v) is 6.37. The number of nitrogens with one attached hydrogen (secondary N) is 2. The van der Waals surface area contributed by atoms with E-state index in [1.165, 1.54) is 6.42 Å². The molecule has 0 bridgehead atoms. The Balaban J connectivity index is 0.000000202. The number of aromatic amines is 1. The molecule has 0 aliphatic carbocycles. The number of nitrogens with zero attached hydrogens (tertiary/aromatic N) is 2. The molecule has 1 aromatic carbocycles. The van der Waals surface area contributed by atoms with Crippen molar-refractivity contribution in [1.29, 1.82) is 0 Å². The third kappa shape index (κ3) is 3.72. The third-order valence-corrected chi connectivity index (χ3v) is 4.43. The summed E-state index contributed by atoms with van der Waals surface area (Å²) in [6.45, 7) is 8.21. The lowest BCUT2D eigenvalue weighted by molar-refractivity contribution is 0.188. The first-order valence-corrected chi connectivity index (χ1v) is 8.28. The molecule has 1 aromatic heterocycles. The largest absolute Gasteiger partial charge is 0.381 e. The third-order valence-electron chi connectivity index (χ3n) is 4.12. The molecule has 2 saturated heterocycles. The molecule has 2 N–H and O–H groups in total. The lowest BCUT2D eigenvalue weighted by atomic mass is 10.2. The van der Waals surface area contributed by atoms with E-state index < -0.39 is 0 Å². The molecular weight excluding hydrogens is 300 g/mol. The second kappa shape index (κ2) is 7.31. The van der Waals surface area contributed by atoms with Crippen molar-refractivity contribution in [3.63, 3.8) is 0 Å². The Kier molecular flexibility index (Phi) is 5.18. The zero-order valence-corrected chi connectivity index (χ0v) is 13.7. The van der Waals surface area contributed by atoms with E-state index >= 15 is 0 Å². The van der Waals surface area contributed by atoms with Gasteiger partial charge in [-0.1, -0.05) is 18.5 Å². The summed E-state index contributed by atoms with van der Waals surface area (Å²) < 4.78 is 5.06. The predicted octanol–water partition coefficient (Wildman–Crippen LogP) is 2.67. The zero-order valence-electron chi connectivity index (χ0n) is 12.9. The maximum atomic E-state index is 6.29. The minimum Gasteiger partial charge on any atom is -0.381 e. The SMILES string of the molecule is CC1CCOC1.Clc1cc2cn[nH]c2cc1N1CCNCC1. The fraction of sp³-hybridized carbons (Fsp3) is 0.562. The first-order chi connectivity index (χ1) is 10.7. The monoisotopic (exact) mass is 322 g/mol. The Morgan fingerprint density at radius 1 is 1.32 bits per heavy atom. The van der Waals surface area contributed by atoms with Crippen LogP contribution >= 0.6 is 11.6 Å². The second-order valence-electron chi connectivity index (χ2n) is 5.97. The lowest BCUT2D eigenvalue weighted by Crippen LogP contribution is -2.43. The molecular formula is C16H23ClN4O. The Morgan fingerprint density at radius 3 is 2.77 bits per heavy atom. The molecule has 22 heavy (non-hydrogen) atoms. The summed E-state index contributed by atoms with van der Waals surface area (Å²) in [4.78, 5) is 2.30. The van der Waals surface area contributed by atoms with Crippen LogP contribution in [0, 0.1) is 5.92 Å². The van der Waals surface area contributed by atoms with E-state index in [4.69, 9.17) is 16.3 Å². The minimum atomic E-state index is 0.802. The molecule has 2 aliphatic rings. The molecule has 0 radical (unpaired) electrons. The molecule has 6 heteroatoms. The molecule has 120 valence electrons. The minimum absolute atomic E-state index is 0.802. The van der Waals surface area contributed by atoms with Crippen molar-refractivity contribution in [3.8, 4) is 0 Å². The fourth-order valence-electron chi connectivity index (χ4n) is 2.75. The molecule has 0 saturated carbocycles. The van der Waals surface area contributed by atoms with E-state index in [1.54, 1.807) is 6.20 Å². The normalized spacial score (nSPS) is 21.7. The summed E-state index contributed by atoms with van der Waals surface area (Å²) in [6, 6.07) is 4.05. The van der Waals surface area contributed by atoms with E-state index in [2.05, 4.69) is 33.4 Å². The van der Waals surface area contributed by atoms with Crippen LogP contribution in [0.4, 0.5) is 5.69 Å². The van der Waals surface area contributed by atoms with Gasteiger partial charge in [0.1, 0.15) is 0 Å². The highest BCUT2D eigenvalue weighted by atomic mass is 35.5. The van der Waals surface area contributed by atoms with Crippen molar-refractivity contribution >= 4 is 28.2 Å². The predicted molar refractivity (Wildman–Crippen MR) is 90.8 cm³/mol. The number of halogens is 1. The summed E-state index contributed by atoms with van der Waals surface area (Å²) in [5.74, 6) is 0.824. The molecule has 0 spiro atoms. The Labute approximate surface area is 136 Å². The first-order valence-electron chi connectivity index (χ1n) is 7.90. The van der Waals surface area contributed by atoms with Gasteiger partial charge in [-0.3, -0.25) is 5.10 Å². The average Bonchev–Trinajstić information content (AvgIpc) is 3.18. The molecule has 1 atom stereocenters. The molecule has 0 amide bonds. The van der Waals surface area contributed by atoms with Gasteiger partial charge in [-0.25, -0.2) is 0 Å². The van der Waals surface area contributed by atoms with Gasteiger partial charge in [0, 0.05) is 44.8 Å². The topological polar surface area (TPSA) is 53.2 Å². The number of benzene rings is 1. The Morgan fingerprint density at radius 2 is 2.14 bits per heavy atom. The summed E-state index contributed by atoms with van der Waals surface area (Å²) in [5, 5.41) is 12.2. The summed E-state index contributed by atoms with van der Waals surface area (Å²) in [6.07, 6.45) is 3.06. The van der Waals surface area contributed by atoms with E-state index in [9.17, 15) is 0 Å². The number of piperazine rings is 1. The molecule has 3 heterocycles. The average molecular weight is 323 g/mol. The van der Waals surface area contributed by atoms with Gasteiger partial charge in [0.15, 0.2) is 0 Å². The van der Waals surface area contributed by atoms with E-state index in [-0.39, 0.29) is 0 Å². The highest BCUT2D eigenvalue weighted by Crippen LogP contribution is 2.30. The first kappa shape index (κ1) is 15.6. The molecule has 2 fully saturated rings. The zero-order chi connectivity index (χ0) is 15.4. The number of H-pyrrole nitrogens is 1. The Bertz CT molecular complexity index is 603. The highest BCUT2D eigenvalue weighted by Gasteiger charge is 2.14. The molecule has 2 aromatic rings. The van der Waals surface area contributed by atoms with Crippen LogP contribution in [0.1, 0.15) is 13.3 Å². The summed E-state index contributed by atoms with van der Waals surface area (Å²) in [7, 11) is 0. The smallest absolute Gasteiger partial charge is 0.0672 e. The number of rotatable bonds is 1. The molecule has 4 rings (SSSR count). The van der Waals surface area contributed by atoms with Gasteiger partial charge in [0.2, 0.25) is 0 Å². The van der Waals surface area contributed by atoms with Crippen LogP contribution in [0.3, 0.4) is 0 Å². The maximum Gasteiger partial charge on any atom is 0.0672 e. The van der Waals surface area contributed by atoms with Gasteiger partial charge >= 0.3 is 0 Å². The molecule has 2 aliphatic heterocycles. The van der Waals surface area contributed by atoms with Crippen molar-refractivity contribution in [1.82, 2.24) is 15.5 Å². The van der Waals surface area contributed by atoms with E-state index in [0.717, 1.165) is 66.9 Å². The van der Waals surface area contributed by atoms with Gasteiger partial charge in [-0.2, -0.15) is 5.10 Å². The van der Waals surface area contributed by atoms with Crippen LogP contribution in [0.5, 0.6) is 0 Å². The van der Waals surface area contributed by atoms with E-state index in [1.807, 2.05) is 6.07 Å². The van der Waals surface area contributed by atoms with Crippen molar-refractivity contribution in [3.05, 3.63) is 23.4 Å². The number of anilines is 1. The molecule has 5 nitrogen and oxygen atoms in total. The van der Waals surface area contributed by atoms with Gasteiger partial charge in [-0.15, -0.1) is 0 Å². The molecule has 1 unspecified atom stereocenters. The van der Waals surface area contributed by atoms with Crippen LogP contribution in [-0.2, 0) is 4.74 Å². The van der Waals surface area contributed by atoms with Crippen LogP contribution < -0.4 is 10.2 Å². The summed E-state index contributed by atoms with van der Waals surface area (Å²) in [5.41, 5.74) is 2.14. The number of hydrogen-bond donors (Lipinski definition) is 2. The standard InChI is InChI=1S/C11H13ClN4.C5H10O/c12-9-5-8-7-14-15-10(8)6-11(9)16-3-1-13-2-4-16;1-5-2-3-6-4-5/h5-7,13H,1-4H2,(H,14,15);5H,2-4H2,1H3. The van der Waals surface area contributed by atoms with Gasteiger partial charge in [0.25, 0.3) is 0 Å². The van der Waals surface area contributed by atoms with Gasteiger partial charge in [-0.05, 0) is 24.5 Å². The number of hydrogen-bond acceptors (Lipinski definition) is 4. The van der Waals surface area contributed by atoms with Crippen LogP contribution in [0.25, 0.3) is 10.9 Å². The van der Waals surface area contributed by atoms with Crippen molar-refractivity contribution < 1.29 is 4.74 Å². The van der Waals surface area contributed by atoms with Crippen molar-refractivity contribution in [2.75, 3.05) is 44.3 Å². The highest BCUT2D eigenvalue weighted by molar-refractivity contribution is 6.34. The lowest BCUT2D eigenvalue weighted by Gasteiger charge is -2.30. The van der Waals surface area contributed by atoms with Crippen LogP contribution in [0.2, 0.25) is 5.02 Å². The van der Waals surface area contributed by atoms with Crippen molar-refractivity contribution in [2.24, 2.45) is 5.92 Å². The van der Waals surface area contributed by atoms with Crippen LogP contribution in [-0.4, -0.2) is 49.6 Å². The van der Waals surface area contributed by atoms with Gasteiger partial charge in [0.05, 0.1) is 22.4 Å². The van der Waals surface area contributed by atoms with Crippen LogP contribution in [0.15, 0.2) is 18.3 Å². The van der Waals surface area contributed by atoms with Crippen molar-refractivity contribution in [2.45, 2.75) is 13.3 Å². The number of aromatic nitrogens is 2. The number of fused-ring (bicyclic) bond motifs is 1. The summed E-state index contributed by atoms with van der Waals surface area (Å²) >= 11 is 6.29. The number of ether oxygens (including phenoxy) is 1. The Hall–Kier alpha value is -1.30.